The number of carboxylic acid groups (broad SMARTS) is 1. The summed E-state index contributed by atoms with van der Waals surface area (Å²) < 4.78 is 0. The molecule has 0 aliphatic heterocycles. The molecule has 1 aliphatic rings. The molecule has 5 nitrogen and oxygen atoms in total. The summed E-state index contributed by atoms with van der Waals surface area (Å²) in [6.45, 7) is 8.36. The number of nitrogens with one attached hydrogen (secondary N) is 1. The topological polar surface area (TPSA) is 69.6 Å². The Morgan fingerprint density at radius 3 is 2.33 bits per heavy atom. The van der Waals surface area contributed by atoms with E-state index in [2.05, 4.69) is 19.2 Å². The fourth-order valence-corrected chi connectivity index (χ4v) is 3.04. The lowest BCUT2D eigenvalue weighted by Crippen LogP contribution is -2.58. The Hall–Kier alpha value is -1.26. The van der Waals surface area contributed by atoms with Crippen LogP contribution < -0.4 is 5.32 Å². The molecule has 2 amide bonds. The highest BCUT2D eigenvalue weighted by Crippen LogP contribution is 2.25. The van der Waals surface area contributed by atoms with Crippen LogP contribution in [-0.4, -0.2) is 40.1 Å². The van der Waals surface area contributed by atoms with Crippen molar-refractivity contribution in [2.24, 2.45) is 5.92 Å². The number of aliphatic carboxylic acids is 1. The van der Waals surface area contributed by atoms with Gasteiger partial charge >= 0.3 is 12.0 Å². The molecule has 1 rings (SSSR count). The van der Waals surface area contributed by atoms with Crippen LogP contribution in [0.15, 0.2) is 0 Å². The first-order valence-corrected chi connectivity index (χ1v) is 8.12. The Balaban J connectivity index is 2.81. The molecule has 0 radical (unpaired) electrons. The highest BCUT2D eigenvalue weighted by atomic mass is 16.4. The predicted molar refractivity (Wildman–Crippen MR) is 83.3 cm³/mol. The quantitative estimate of drug-likeness (QED) is 0.758. The molecule has 0 aromatic heterocycles. The summed E-state index contributed by atoms with van der Waals surface area (Å²) in [5, 5.41) is 12.2. The van der Waals surface area contributed by atoms with Crippen LogP contribution in [0.5, 0.6) is 0 Å². The third kappa shape index (κ3) is 4.90. The van der Waals surface area contributed by atoms with Crippen LogP contribution >= 0.6 is 0 Å². The number of rotatable bonds is 7. The van der Waals surface area contributed by atoms with Gasteiger partial charge in [-0.2, -0.15) is 0 Å². The van der Waals surface area contributed by atoms with Gasteiger partial charge in [0.05, 0.1) is 0 Å². The maximum atomic E-state index is 12.6. The molecular weight excluding hydrogens is 268 g/mol. The second-order valence-electron chi connectivity index (χ2n) is 6.80. The lowest BCUT2D eigenvalue weighted by molar-refractivity contribution is -0.144. The largest absolute Gasteiger partial charge is 0.480 e. The minimum absolute atomic E-state index is 0.228. The van der Waals surface area contributed by atoms with Gasteiger partial charge in [-0.05, 0) is 32.1 Å². The minimum atomic E-state index is -1.18. The van der Waals surface area contributed by atoms with Crippen molar-refractivity contribution in [2.45, 2.75) is 77.8 Å². The molecule has 1 fully saturated rings. The first-order chi connectivity index (χ1) is 9.80. The summed E-state index contributed by atoms with van der Waals surface area (Å²) >= 11 is 0. The molecule has 1 saturated carbocycles. The molecule has 0 aromatic rings. The molecule has 5 heteroatoms. The number of carbonyl (C=O) groups excluding carboxylic acids is 1. The van der Waals surface area contributed by atoms with Gasteiger partial charge in [-0.15, -0.1) is 0 Å². The lowest BCUT2D eigenvalue weighted by Gasteiger charge is -2.35. The van der Waals surface area contributed by atoms with Crippen molar-refractivity contribution >= 4 is 12.0 Å². The van der Waals surface area contributed by atoms with Gasteiger partial charge in [0, 0.05) is 12.6 Å². The zero-order valence-electron chi connectivity index (χ0n) is 13.8. The number of amides is 2. The van der Waals surface area contributed by atoms with Crippen molar-refractivity contribution in [3.8, 4) is 0 Å². The Bertz CT molecular complexity index is 365. The molecule has 0 saturated heterocycles. The number of urea groups is 1. The van der Waals surface area contributed by atoms with Crippen LogP contribution in [0.3, 0.4) is 0 Å². The molecule has 1 unspecified atom stereocenters. The van der Waals surface area contributed by atoms with E-state index in [0.717, 1.165) is 32.1 Å². The molecule has 0 spiro atoms. The van der Waals surface area contributed by atoms with E-state index in [1.807, 2.05) is 11.8 Å². The van der Waals surface area contributed by atoms with Crippen molar-refractivity contribution in [3.05, 3.63) is 0 Å². The highest BCUT2D eigenvalue weighted by Gasteiger charge is 2.37. The second-order valence-corrected chi connectivity index (χ2v) is 6.80. The summed E-state index contributed by atoms with van der Waals surface area (Å²) in [4.78, 5) is 25.9. The molecule has 1 aliphatic carbocycles. The summed E-state index contributed by atoms with van der Waals surface area (Å²) in [6, 6.07) is 0.0287. The van der Waals surface area contributed by atoms with Gasteiger partial charge in [-0.25, -0.2) is 9.59 Å². The van der Waals surface area contributed by atoms with E-state index in [4.69, 9.17) is 0 Å². The van der Waals surface area contributed by atoms with Gasteiger partial charge in [-0.1, -0.05) is 40.0 Å². The van der Waals surface area contributed by atoms with Gasteiger partial charge in [0.1, 0.15) is 5.54 Å². The average Bonchev–Trinajstić information content (AvgIpc) is 2.89. The summed E-state index contributed by atoms with van der Waals surface area (Å²) in [7, 11) is 0. The smallest absolute Gasteiger partial charge is 0.329 e. The van der Waals surface area contributed by atoms with Crippen molar-refractivity contribution in [2.75, 3.05) is 6.54 Å². The summed E-state index contributed by atoms with van der Waals surface area (Å²) in [5.41, 5.74) is -1.18. The Morgan fingerprint density at radius 2 is 1.90 bits per heavy atom. The maximum Gasteiger partial charge on any atom is 0.329 e. The Kier molecular flexibility index (Phi) is 6.49. The van der Waals surface area contributed by atoms with E-state index in [9.17, 15) is 14.7 Å². The zero-order valence-corrected chi connectivity index (χ0v) is 13.8. The molecule has 21 heavy (non-hydrogen) atoms. The van der Waals surface area contributed by atoms with Crippen molar-refractivity contribution < 1.29 is 14.7 Å². The van der Waals surface area contributed by atoms with Crippen LogP contribution in [0.25, 0.3) is 0 Å². The third-order valence-electron chi connectivity index (χ3n) is 4.19. The van der Waals surface area contributed by atoms with Crippen molar-refractivity contribution in [1.29, 1.82) is 0 Å². The fourth-order valence-electron chi connectivity index (χ4n) is 3.04. The molecule has 2 N–H and O–H groups in total. The van der Waals surface area contributed by atoms with Crippen LogP contribution in [-0.2, 0) is 4.79 Å². The molecule has 1 atom stereocenters. The van der Waals surface area contributed by atoms with E-state index >= 15 is 0 Å². The number of carbonyl (C=O) groups is 2. The normalized spacial score (nSPS) is 18.5. The van der Waals surface area contributed by atoms with Crippen LogP contribution in [0.1, 0.15) is 66.2 Å². The lowest BCUT2D eigenvalue weighted by atomic mass is 9.96. The first-order valence-electron chi connectivity index (χ1n) is 8.12. The SMILES string of the molecule is CCCC(C)(NC(=O)N(CC(C)C)C1CCCC1)C(=O)O. The average molecular weight is 298 g/mol. The van der Waals surface area contributed by atoms with Gasteiger partial charge in [0.25, 0.3) is 0 Å². The van der Waals surface area contributed by atoms with Crippen LogP contribution in [0.4, 0.5) is 4.79 Å². The molecule has 0 bridgehead atoms. The van der Waals surface area contributed by atoms with E-state index in [-0.39, 0.29) is 12.1 Å². The van der Waals surface area contributed by atoms with Crippen LogP contribution in [0.2, 0.25) is 0 Å². The zero-order chi connectivity index (χ0) is 16.0. The van der Waals surface area contributed by atoms with Crippen molar-refractivity contribution in [3.63, 3.8) is 0 Å². The monoisotopic (exact) mass is 298 g/mol. The first kappa shape index (κ1) is 17.8. The van der Waals surface area contributed by atoms with Gasteiger partial charge in [0.2, 0.25) is 0 Å². The van der Waals surface area contributed by atoms with Gasteiger partial charge in [-0.3, -0.25) is 0 Å². The standard InChI is InChI=1S/C16H30N2O3/c1-5-10-16(4,14(19)20)17-15(21)18(11-12(2)3)13-8-6-7-9-13/h12-13H,5-11H2,1-4H3,(H,17,21)(H,19,20). The number of hydrogen-bond donors (Lipinski definition) is 2. The third-order valence-corrected chi connectivity index (χ3v) is 4.19. The van der Waals surface area contributed by atoms with Crippen molar-refractivity contribution in [1.82, 2.24) is 10.2 Å². The van der Waals surface area contributed by atoms with Gasteiger partial charge < -0.3 is 15.3 Å². The number of hydrogen-bond acceptors (Lipinski definition) is 2. The molecule has 0 heterocycles. The Labute approximate surface area is 128 Å². The Morgan fingerprint density at radius 1 is 1.33 bits per heavy atom. The van der Waals surface area contributed by atoms with E-state index in [0.29, 0.717) is 18.9 Å². The number of nitrogens with zero attached hydrogens (tertiary/aromatic N) is 1. The predicted octanol–water partition coefficient (Wildman–Crippen LogP) is 3.24. The second kappa shape index (κ2) is 7.66. The van der Waals surface area contributed by atoms with Crippen LogP contribution in [0, 0.1) is 5.92 Å². The van der Waals surface area contributed by atoms with Gasteiger partial charge in [0.15, 0.2) is 0 Å². The molecule has 0 aromatic carbocycles. The van der Waals surface area contributed by atoms with E-state index in [1.54, 1.807) is 6.92 Å². The fraction of sp³-hybridized carbons (Fsp3) is 0.875. The number of carboxylic acids is 1. The molecule has 122 valence electrons. The minimum Gasteiger partial charge on any atom is -0.480 e. The van der Waals surface area contributed by atoms with E-state index in [1.165, 1.54) is 0 Å². The summed E-state index contributed by atoms with van der Waals surface area (Å²) in [5.74, 6) is -0.591. The maximum absolute atomic E-state index is 12.6. The molecular formula is C16H30N2O3. The van der Waals surface area contributed by atoms with E-state index < -0.39 is 11.5 Å². The highest BCUT2D eigenvalue weighted by molar-refractivity contribution is 5.86. The summed E-state index contributed by atoms with van der Waals surface area (Å²) in [6.07, 6.45) is 5.51.